The molecule has 0 saturated carbocycles. The van der Waals surface area contributed by atoms with Gasteiger partial charge in [0.2, 0.25) is 0 Å². The zero-order valence-corrected chi connectivity index (χ0v) is 9.17. The summed E-state index contributed by atoms with van der Waals surface area (Å²) in [6.07, 6.45) is 0.747. The van der Waals surface area contributed by atoms with Gasteiger partial charge < -0.3 is 10.4 Å². The Kier molecular flexibility index (Phi) is 3.96. The van der Waals surface area contributed by atoms with E-state index in [9.17, 15) is 0 Å². The molecule has 0 aliphatic rings. The molecule has 0 amide bonds. The van der Waals surface area contributed by atoms with E-state index in [1.54, 1.807) is 6.92 Å². The van der Waals surface area contributed by atoms with Gasteiger partial charge in [-0.25, -0.2) is 0 Å². The average molecular weight is 193 g/mol. The summed E-state index contributed by atoms with van der Waals surface area (Å²) in [5.41, 5.74) is 3.78. The van der Waals surface area contributed by atoms with Crippen molar-refractivity contribution in [1.82, 2.24) is 0 Å². The molecule has 0 radical (unpaired) electrons. The Morgan fingerprint density at radius 1 is 1.43 bits per heavy atom. The maximum Gasteiger partial charge on any atom is 0.0684 e. The first-order chi connectivity index (χ1) is 6.63. The predicted molar refractivity (Wildman–Crippen MR) is 60.7 cm³/mol. The third kappa shape index (κ3) is 3.04. The van der Waals surface area contributed by atoms with Crippen molar-refractivity contribution in [1.29, 1.82) is 0 Å². The van der Waals surface area contributed by atoms with Crippen molar-refractivity contribution in [3.05, 3.63) is 29.3 Å². The average Bonchev–Trinajstić information content (AvgIpc) is 2.16. The van der Waals surface area contributed by atoms with Crippen LogP contribution >= 0.6 is 0 Å². The molecule has 0 saturated heterocycles. The highest BCUT2D eigenvalue weighted by molar-refractivity contribution is 5.48. The van der Waals surface area contributed by atoms with Gasteiger partial charge in [-0.3, -0.25) is 0 Å². The summed E-state index contributed by atoms with van der Waals surface area (Å²) in [5.74, 6) is 0. The lowest BCUT2D eigenvalue weighted by molar-refractivity contribution is 0.208. The standard InChI is InChI=1S/C12H19NO/c1-4-11-7-12(6-5-9(11)2)13-8-10(3)14/h5-7,10,13-14H,4,8H2,1-3H3. The molecular formula is C12H19NO. The third-order valence-corrected chi connectivity index (χ3v) is 2.33. The molecule has 0 bridgehead atoms. The summed E-state index contributed by atoms with van der Waals surface area (Å²) in [7, 11) is 0. The minimum Gasteiger partial charge on any atom is -0.392 e. The van der Waals surface area contributed by atoms with Crippen LogP contribution < -0.4 is 5.32 Å². The topological polar surface area (TPSA) is 32.3 Å². The van der Waals surface area contributed by atoms with E-state index in [0.717, 1.165) is 12.1 Å². The quantitative estimate of drug-likeness (QED) is 0.769. The summed E-state index contributed by atoms with van der Waals surface area (Å²) in [6, 6.07) is 6.32. The monoisotopic (exact) mass is 193 g/mol. The molecule has 2 N–H and O–H groups in total. The molecule has 1 unspecified atom stereocenters. The van der Waals surface area contributed by atoms with Crippen molar-refractivity contribution in [2.75, 3.05) is 11.9 Å². The first-order valence-corrected chi connectivity index (χ1v) is 5.15. The molecule has 1 aromatic rings. The van der Waals surface area contributed by atoms with Crippen LogP contribution in [0.3, 0.4) is 0 Å². The van der Waals surface area contributed by atoms with Gasteiger partial charge in [-0.05, 0) is 43.5 Å². The number of aliphatic hydroxyl groups excluding tert-OH is 1. The van der Waals surface area contributed by atoms with Crippen molar-refractivity contribution in [2.24, 2.45) is 0 Å². The second-order valence-corrected chi connectivity index (χ2v) is 3.72. The second kappa shape index (κ2) is 5.01. The van der Waals surface area contributed by atoms with Crippen molar-refractivity contribution >= 4 is 5.69 Å². The molecule has 0 heterocycles. The zero-order chi connectivity index (χ0) is 10.6. The number of benzene rings is 1. The Labute approximate surface area is 86.0 Å². The van der Waals surface area contributed by atoms with E-state index < -0.39 is 0 Å². The van der Waals surface area contributed by atoms with E-state index >= 15 is 0 Å². The summed E-state index contributed by atoms with van der Waals surface area (Å²) in [6.45, 7) is 6.66. The van der Waals surface area contributed by atoms with Crippen molar-refractivity contribution in [3.63, 3.8) is 0 Å². The van der Waals surface area contributed by atoms with Crippen molar-refractivity contribution in [2.45, 2.75) is 33.3 Å². The number of aliphatic hydroxyl groups is 1. The first-order valence-electron chi connectivity index (χ1n) is 5.15. The summed E-state index contributed by atoms with van der Waals surface area (Å²) >= 11 is 0. The number of hydrogen-bond donors (Lipinski definition) is 2. The van der Waals surface area contributed by atoms with Gasteiger partial charge in [0.05, 0.1) is 6.10 Å². The van der Waals surface area contributed by atoms with Gasteiger partial charge >= 0.3 is 0 Å². The Bertz CT molecular complexity index is 294. The largest absolute Gasteiger partial charge is 0.392 e. The van der Waals surface area contributed by atoms with Crippen LogP contribution in [0.25, 0.3) is 0 Å². The van der Waals surface area contributed by atoms with Crippen LogP contribution in [0.2, 0.25) is 0 Å². The molecule has 0 aliphatic heterocycles. The summed E-state index contributed by atoms with van der Waals surface area (Å²) in [4.78, 5) is 0. The number of nitrogens with one attached hydrogen (secondary N) is 1. The fraction of sp³-hybridized carbons (Fsp3) is 0.500. The van der Waals surface area contributed by atoms with Crippen LogP contribution in [0, 0.1) is 6.92 Å². The first kappa shape index (κ1) is 11.1. The van der Waals surface area contributed by atoms with Gasteiger partial charge in [0.1, 0.15) is 0 Å². The highest BCUT2D eigenvalue weighted by atomic mass is 16.3. The van der Waals surface area contributed by atoms with E-state index in [1.807, 2.05) is 0 Å². The fourth-order valence-electron chi connectivity index (χ4n) is 1.43. The van der Waals surface area contributed by atoms with Gasteiger partial charge in [-0.15, -0.1) is 0 Å². The summed E-state index contributed by atoms with van der Waals surface area (Å²) in [5, 5.41) is 12.3. The van der Waals surface area contributed by atoms with Gasteiger partial charge in [-0.2, -0.15) is 0 Å². The number of rotatable bonds is 4. The van der Waals surface area contributed by atoms with Gasteiger partial charge in [0.15, 0.2) is 0 Å². The molecule has 2 heteroatoms. The zero-order valence-electron chi connectivity index (χ0n) is 9.17. The van der Waals surface area contributed by atoms with Crippen molar-refractivity contribution in [3.8, 4) is 0 Å². The normalized spacial score (nSPS) is 12.6. The predicted octanol–water partition coefficient (Wildman–Crippen LogP) is 2.35. The molecule has 0 aromatic heterocycles. The highest BCUT2D eigenvalue weighted by Crippen LogP contribution is 2.15. The van der Waals surface area contributed by atoms with E-state index in [-0.39, 0.29) is 6.10 Å². The van der Waals surface area contributed by atoms with E-state index in [4.69, 9.17) is 5.11 Å². The molecular weight excluding hydrogens is 174 g/mol. The Morgan fingerprint density at radius 2 is 2.14 bits per heavy atom. The van der Waals surface area contributed by atoms with Crippen LogP contribution in [0.4, 0.5) is 5.69 Å². The third-order valence-electron chi connectivity index (χ3n) is 2.33. The Balaban J connectivity index is 2.69. The molecule has 0 aliphatic carbocycles. The smallest absolute Gasteiger partial charge is 0.0684 e. The van der Waals surface area contributed by atoms with E-state index in [2.05, 4.69) is 37.4 Å². The van der Waals surface area contributed by atoms with Gasteiger partial charge in [0, 0.05) is 12.2 Å². The molecule has 2 nitrogen and oxygen atoms in total. The highest BCUT2D eigenvalue weighted by Gasteiger charge is 1.99. The van der Waals surface area contributed by atoms with E-state index in [0.29, 0.717) is 6.54 Å². The Hall–Kier alpha value is -1.02. The summed E-state index contributed by atoms with van der Waals surface area (Å²) < 4.78 is 0. The van der Waals surface area contributed by atoms with E-state index in [1.165, 1.54) is 11.1 Å². The lowest BCUT2D eigenvalue weighted by atomic mass is 10.1. The molecule has 1 atom stereocenters. The Morgan fingerprint density at radius 3 is 2.71 bits per heavy atom. The second-order valence-electron chi connectivity index (χ2n) is 3.72. The number of anilines is 1. The molecule has 1 rings (SSSR count). The minimum absolute atomic E-state index is 0.304. The maximum absolute atomic E-state index is 9.13. The molecule has 0 fully saturated rings. The lowest BCUT2D eigenvalue weighted by Crippen LogP contribution is -2.15. The minimum atomic E-state index is -0.304. The van der Waals surface area contributed by atoms with Crippen molar-refractivity contribution < 1.29 is 5.11 Å². The van der Waals surface area contributed by atoms with Crippen LogP contribution in [0.15, 0.2) is 18.2 Å². The van der Waals surface area contributed by atoms with Gasteiger partial charge in [0.25, 0.3) is 0 Å². The fourth-order valence-corrected chi connectivity index (χ4v) is 1.43. The molecule has 1 aromatic carbocycles. The number of hydrogen-bond acceptors (Lipinski definition) is 2. The molecule has 14 heavy (non-hydrogen) atoms. The molecule has 0 spiro atoms. The van der Waals surface area contributed by atoms with Crippen LogP contribution in [-0.2, 0) is 6.42 Å². The lowest BCUT2D eigenvalue weighted by Gasteiger charge is -2.11. The number of aryl methyl sites for hydroxylation is 2. The van der Waals surface area contributed by atoms with Crippen LogP contribution in [-0.4, -0.2) is 17.8 Å². The maximum atomic E-state index is 9.13. The van der Waals surface area contributed by atoms with Gasteiger partial charge in [-0.1, -0.05) is 13.0 Å². The van der Waals surface area contributed by atoms with Crippen LogP contribution in [0.5, 0.6) is 0 Å². The van der Waals surface area contributed by atoms with Crippen LogP contribution in [0.1, 0.15) is 25.0 Å². The molecule has 78 valence electrons. The SMILES string of the molecule is CCc1cc(NCC(C)O)ccc1C.